The van der Waals surface area contributed by atoms with E-state index in [0.29, 0.717) is 5.58 Å². The maximum absolute atomic E-state index is 11.8. The lowest BCUT2D eigenvalue weighted by atomic mass is 10.1. The van der Waals surface area contributed by atoms with Gasteiger partial charge < -0.3 is 4.42 Å². The summed E-state index contributed by atoms with van der Waals surface area (Å²) >= 11 is 0. The Morgan fingerprint density at radius 3 is 2.21 bits per heavy atom. The largest absolute Gasteiger partial charge is 0.423 e. The third kappa shape index (κ3) is 3.15. The van der Waals surface area contributed by atoms with Gasteiger partial charge in [0.05, 0.1) is 17.1 Å². The van der Waals surface area contributed by atoms with E-state index in [4.69, 9.17) is 9.52 Å². The lowest BCUT2D eigenvalue weighted by molar-refractivity contribution is 0.559. The second-order valence-corrected chi connectivity index (χ2v) is 6.99. The van der Waals surface area contributed by atoms with Crippen molar-refractivity contribution in [3.05, 3.63) is 107 Å². The van der Waals surface area contributed by atoms with Gasteiger partial charge in [-0.05, 0) is 30.7 Å². The van der Waals surface area contributed by atoms with Gasteiger partial charge in [0.2, 0.25) is 0 Å². The van der Waals surface area contributed by atoms with Crippen LogP contribution < -0.4 is 5.63 Å². The zero-order chi connectivity index (χ0) is 19.8. The van der Waals surface area contributed by atoms with Crippen LogP contribution in [0, 0.1) is 6.92 Å². The summed E-state index contributed by atoms with van der Waals surface area (Å²) in [6.45, 7) is 1.91. The van der Waals surface area contributed by atoms with Gasteiger partial charge in [-0.15, -0.1) is 0 Å². The Morgan fingerprint density at radius 1 is 0.793 bits per heavy atom. The standard InChI is InChI=1S/C25H18N2O2/c1-17-14-25(28)29-24-15-20(12-13-21(17)24)27-23(19-10-6-3-7-11-19)16-22(26-27)18-8-4-2-5-9-18/h2-16H,1H3. The van der Waals surface area contributed by atoms with Crippen LogP contribution in [-0.4, -0.2) is 9.78 Å². The molecule has 0 atom stereocenters. The second-order valence-electron chi connectivity index (χ2n) is 6.99. The van der Waals surface area contributed by atoms with Crippen molar-refractivity contribution >= 4 is 11.0 Å². The molecule has 5 rings (SSSR count). The van der Waals surface area contributed by atoms with E-state index in [2.05, 4.69) is 18.2 Å². The van der Waals surface area contributed by atoms with Crippen molar-refractivity contribution in [2.45, 2.75) is 6.92 Å². The van der Waals surface area contributed by atoms with E-state index in [1.54, 1.807) is 0 Å². The molecule has 3 aromatic carbocycles. The highest BCUT2D eigenvalue weighted by Gasteiger charge is 2.14. The van der Waals surface area contributed by atoms with E-state index >= 15 is 0 Å². The molecule has 29 heavy (non-hydrogen) atoms. The van der Waals surface area contributed by atoms with Crippen LogP contribution in [-0.2, 0) is 0 Å². The summed E-state index contributed by atoms with van der Waals surface area (Å²) in [5, 5.41) is 5.80. The molecule has 2 heterocycles. The first-order chi connectivity index (χ1) is 14.2. The van der Waals surface area contributed by atoms with Crippen LogP contribution in [0.1, 0.15) is 5.56 Å². The Kier molecular flexibility index (Phi) is 4.10. The molecular weight excluding hydrogens is 360 g/mol. The molecule has 0 unspecified atom stereocenters. The molecule has 0 aliphatic carbocycles. The minimum Gasteiger partial charge on any atom is -0.423 e. The molecule has 4 heteroatoms. The van der Waals surface area contributed by atoms with Crippen LogP contribution in [0.4, 0.5) is 0 Å². The van der Waals surface area contributed by atoms with E-state index in [1.165, 1.54) is 6.07 Å². The number of aryl methyl sites for hydroxylation is 1. The molecular formula is C25H18N2O2. The van der Waals surface area contributed by atoms with Crippen molar-refractivity contribution in [3.8, 4) is 28.2 Å². The van der Waals surface area contributed by atoms with Gasteiger partial charge in [0.15, 0.2) is 0 Å². The van der Waals surface area contributed by atoms with Gasteiger partial charge in [-0.1, -0.05) is 60.7 Å². The fourth-order valence-corrected chi connectivity index (χ4v) is 3.59. The molecule has 5 aromatic rings. The molecule has 0 saturated heterocycles. The lowest BCUT2D eigenvalue weighted by Crippen LogP contribution is -2.01. The second kappa shape index (κ2) is 6.91. The smallest absolute Gasteiger partial charge is 0.336 e. The first-order valence-corrected chi connectivity index (χ1v) is 9.45. The quantitative estimate of drug-likeness (QED) is 0.383. The first-order valence-electron chi connectivity index (χ1n) is 9.45. The van der Waals surface area contributed by atoms with Crippen LogP contribution in [0.15, 0.2) is 100 Å². The van der Waals surface area contributed by atoms with Crippen LogP contribution in [0.25, 0.3) is 39.2 Å². The molecule has 0 radical (unpaired) electrons. The summed E-state index contributed by atoms with van der Waals surface area (Å²) in [6, 6.07) is 29.7. The van der Waals surface area contributed by atoms with E-state index in [-0.39, 0.29) is 5.63 Å². The fraction of sp³-hybridized carbons (Fsp3) is 0.0400. The molecule has 0 bridgehead atoms. The zero-order valence-electron chi connectivity index (χ0n) is 15.9. The Balaban J connectivity index is 1.74. The number of nitrogens with zero attached hydrogens (tertiary/aromatic N) is 2. The minimum atomic E-state index is -0.346. The summed E-state index contributed by atoms with van der Waals surface area (Å²) in [5.41, 5.74) is 5.92. The van der Waals surface area contributed by atoms with Crippen LogP contribution in [0.5, 0.6) is 0 Å². The highest BCUT2D eigenvalue weighted by molar-refractivity contribution is 5.82. The van der Waals surface area contributed by atoms with E-state index in [1.807, 2.05) is 78.3 Å². The van der Waals surface area contributed by atoms with Crippen molar-refractivity contribution in [3.63, 3.8) is 0 Å². The van der Waals surface area contributed by atoms with Crippen molar-refractivity contribution in [2.24, 2.45) is 0 Å². The molecule has 0 aliphatic heterocycles. The predicted molar refractivity (Wildman–Crippen MR) is 115 cm³/mol. The molecule has 2 aromatic heterocycles. The highest BCUT2D eigenvalue weighted by atomic mass is 16.4. The Morgan fingerprint density at radius 2 is 1.48 bits per heavy atom. The average molecular weight is 378 g/mol. The van der Waals surface area contributed by atoms with E-state index in [9.17, 15) is 4.79 Å². The number of hydrogen-bond donors (Lipinski definition) is 0. The monoisotopic (exact) mass is 378 g/mol. The topological polar surface area (TPSA) is 48.0 Å². The Hall–Kier alpha value is -3.92. The summed E-state index contributed by atoms with van der Waals surface area (Å²) in [4.78, 5) is 11.8. The summed E-state index contributed by atoms with van der Waals surface area (Å²) in [6.07, 6.45) is 0. The predicted octanol–water partition coefficient (Wildman–Crippen LogP) is 5.62. The van der Waals surface area contributed by atoms with Gasteiger partial charge in [0.1, 0.15) is 5.58 Å². The Labute approximate surface area is 167 Å². The first kappa shape index (κ1) is 17.2. The van der Waals surface area contributed by atoms with Gasteiger partial charge in [-0.25, -0.2) is 9.48 Å². The molecule has 0 fully saturated rings. The molecule has 0 aliphatic rings. The van der Waals surface area contributed by atoms with Gasteiger partial charge in [0.25, 0.3) is 0 Å². The third-order valence-electron chi connectivity index (χ3n) is 5.03. The number of aromatic nitrogens is 2. The van der Waals surface area contributed by atoms with Crippen molar-refractivity contribution in [1.29, 1.82) is 0 Å². The average Bonchev–Trinajstić information content (AvgIpc) is 3.20. The minimum absolute atomic E-state index is 0.346. The zero-order valence-corrected chi connectivity index (χ0v) is 15.9. The Bertz CT molecular complexity index is 1370. The van der Waals surface area contributed by atoms with Crippen LogP contribution >= 0.6 is 0 Å². The molecule has 4 nitrogen and oxygen atoms in total. The molecule has 0 N–H and O–H groups in total. The maximum atomic E-state index is 11.8. The lowest BCUT2D eigenvalue weighted by Gasteiger charge is -2.09. The van der Waals surface area contributed by atoms with Gasteiger partial charge in [0, 0.05) is 28.6 Å². The van der Waals surface area contributed by atoms with Crippen LogP contribution in [0.2, 0.25) is 0 Å². The summed E-state index contributed by atoms with van der Waals surface area (Å²) in [7, 11) is 0. The fourth-order valence-electron chi connectivity index (χ4n) is 3.59. The molecule has 0 amide bonds. The highest BCUT2D eigenvalue weighted by Crippen LogP contribution is 2.30. The van der Waals surface area contributed by atoms with Gasteiger partial charge >= 0.3 is 5.63 Å². The van der Waals surface area contributed by atoms with Gasteiger partial charge in [-0.3, -0.25) is 0 Å². The number of benzene rings is 3. The number of hydrogen-bond acceptors (Lipinski definition) is 3. The third-order valence-corrected chi connectivity index (χ3v) is 5.03. The van der Waals surface area contributed by atoms with E-state index < -0.39 is 0 Å². The van der Waals surface area contributed by atoms with Crippen LogP contribution in [0.3, 0.4) is 0 Å². The normalized spacial score (nSPS) is 11.1. The SMILES string of the molecule is Cc1cc(=O)oc2cc(-n3nc(-c4ccccc4)cc3-c3ccccc3)ccc12. The van der Waals surface area contributed by atoms with Crippen molar-refractivity contribution < 1.29 is 4.42 Å². The number of rotatable bonds is 3. The van der Waals surface area contributed by atoms with Crippen molar-refractivity contribution in [1.82, 2.24) is 9.78 Å². The van der Waals surface area contributed by atoms with Crippen molar-refractivity contribution in [2.75, 3.05) is 0 Å². The summed E-state index contributed by atoms with van der Waals surface area (Å²) < 4.78 is 7.35. The molecule has 0 saturated carbocycles. The molecule has 0 spiro atoms. The summed E-state index contributed by atoms with van der Waals surface area (Å²) in [5.74, 6) is 0. The van der Waals surface area contributed by atoms with E-state index in [0.717, 1.165) is 39.2 Å². The van der Waals surface area contributed by atoms with Gasteiger partial charge in [-0.2, -0.15) is 5.10 Å². The number of fused-ring (bicyclic) bond motifs is 1. The molecule has 140 valence electrons. The maximum Gasteiger partial charge on any atom is 0.336 e.